The average Bonchev–Trinajstić information content (AvgIpc) is 3.85. The second kappa shape index (κ2) is 11.7. The number of hydrogen-bond donors (Lipinski definition) is 0. The summed E-state index contributed by atoms with van der Waals surface area (Å²) in [6.45, 7) is 4.56. The maximum absolute atomic E-state index is 13.3. The second-order valence-electron chi connectivity index (χ2n) is 10.0. The summed E-state index contributed by atoms with van der Waals surface area (Å²) in [4.78, 5) is 32.1. The van der Waals surface area contributed by atoms with Gasteiger partial charge in [0.15, 0.2) is 17.3 Å². The molecule has 2 amide bonds. The number of benzene rings is 2. The lowest BCUT2D eigenvalue weighted by Gasteiger charge is -2.37. The van der Waals surface area contributed by atoms with Crippen molar-refractivity contribution in [1.29, 1.82) is 0 Å². The molecular formula is C30H35N5O4. The van der Waals surface area contributed by atoms with Crippen LogP contribution in [-0.2, 0) is 9.59 Å². The molecule has 2 aliphatic rings. The molecule has 2 heterocycles. The summed E-state index contributed by atoms with van der Waals surface area (Å²) >= 11 is 0. The number of amides is 2. The van der Waals surface area contributed by atoms with Crippen LogP contribution in [0.5, 0.6) is 11.5 Å². The van der Waals surface area contributed by atoms with Crippen LogP contribution in [0.15, 0.2) is 60.7 Å². The molecule has 9 nitrogen and oxygen atoms in total. The van der Waals surface area contributed by atoms with Crippen LogP contribution < -0.4 is 14.4 Å². The molecule has 1 saturated carbocycles. The van der Waals surface area contributed by atoms with Gasteiger partial charge in [-0.25, -0.2) is 0 Å². The molecule has 1 aromatic heterocycles. The van der Waals surface area contributed by atoms with E-state index in [1.165, 1.54) is 0 Å². The van der Waals surface area contributed by atoms with Gasteiger partial charge in [-0.2, -0.15) is 0 Å². The van der Waals surface area contributed by atoms with Gasteiger partial charge in [0.05, 0.1) is 26.0 Å². The molecule has 2 fully saturated rings. The molecular weight excluding hydrogens is 494 g/mol. The Labute approximate surface area is 229 Å². The standard InChI is InChI=1S/C30H35N5O4/c1-21(22-7-5-4-6-8-22)35(30(37)23-9-10-23)20-29(36)34-17-15-33(16-18-34)28-14-12-25(31-32-28)24-11-13-26(38-2)27(19-24)39-3/h4-8,11-14,19,21,23H,9-10,15-18,20H2,1-3H3/t21-/m0/s1. The molecule has 0 spiro atoms. The summed E-state index contributed by atoms with van der Waals surface area (Å²) in [6.07, 6.45) is 1.82. The first-order chi connectivity index (χ1) is 19.0. The number of carbonyl (C=O) groups excluding carboxylic acids is 2. The van der Waals surface area contributed by atoms with Crippen LogP contribution in [-0.4, -0.2) is 78.8 Å². The Kier molecular flexibility index (Phi) is 7.95. The SMILES string of the molecule is COc1ccc(-c2ccc(N3CCN(C(=O)CN(C(=O)C4CC4)[C@@H](C)c4ccccc4)CC3)nn2)cc1OC. The Morgan fingerprint density at radius 1 is 0.923 bits per heavy atom. The van der Waals surface area contributed by atoms with Gasteiger partial charge in [-0.15, -0.1) is 10.2 Å². The summed E-state index contributed by atoms with van der Waals surface area (Å²) in [5, 5.41) is 8.87. The van der Waals surface area contributed by atoms with Crippen LogP contribution in [0.25, 0.3) is 11.3 Å². The highest BCUT2D eigenvalue weighted by Gasteiger charge is 2.37. The minimum absolute atomic E-state index is 0.0127. The number of ether oxygens (including phenoxy) is 2. The minimum Gasteiger partial charge on any atom is -0.493 e. The van der Waals surface area contributed by atoms with Crippen molar-refractivity contribution in [3.63, 3.8) is 0 Å². The van der Waals surface area contributed by atoms with Crippen molar-refractivity contribution in [3.8, 4) is 22.8 Å². The molecule has 1 aliphatic carbocycles. The molecule has 39 heavy (non-hydrogen) atoms. The molecule has 204 valence electrons. The Bertz CT molecular complexity index is 1290. The molecule has 5 rings (SSSR count). The Morgan fingerprint density at radius 2 is 1.64 bits per heavy atom. The summed E-state index contributed by atoms with van der Waals surface area (Å²) in [5.74, 6) is 2.20. The fraction of sp³-hybridized carbons (Fsp3) is 0.400. The number of methoxy groups -OCH3 is 2. The van der Waals surface area contributed by atoms with E-state index in [1.54, 1.807) is 19.1 Å². The Balaban J connectivity index is 1.20. The van der Waals surface area contributed by atoms with E-state index in [9.17, 15) is 9.59 Å². The molecule has 2 aromatic carbocycles. The molecule has 1 saturated heterocycles. The van der Waals surface area contributed by atoms with E-state index >= 15 is 0 Å². The number of aromatic nitrogens is 2. The van der Waals surface area contributed by atoms with Crippen LogP contribution in [0, 0.1) is 5.92 Å². The van der Waals surface area contributed by atoms with Crippen molar-refractivity contribution < 1.29 is 19.1 Å². The third kappa shape index (κ3) is 5.97. The van der Waals surface area contributed by atoms with Crippen molar-refractivity contribution in [1.82, 2.24) is 20.0 Å². The van der Waals surface area contributed by atoms with Gasteiger partial charge >= 0.3 is 0 Å². The summed E-state index contributed by atoms with van der Waals surface area (Å²) in [5.41, 5.74) is 2.66. The quantitative estimate of drug-likeness (QED) is 0.417. The van der Waals surface area contributed by atoms with E-state index in [0.717, 1.165) is 35.5 Å². The zero-order valence-electron chi connectivity index (χ0n) is 22.7. The number of carbonyl (C=O) groups is 2. The lowest BCUT2D eigenvalue weighted by Crippen LogP contribution is -2.52. The first kappa shape index (κ1) is 26.5. The van der Waals surface area contributed by atoms with Crippen LogP contribution in [0.3, 0.4) is 0 Å². The summed E-state index contributed by atoms with van der Waals surface area (Å²) < 4.78 is 10.7. The van der Waals surface area contributed by atoms with E-state index in [2.05, 4.69) is 15.1 Å². The van der Waals surface area contributed by atoms with Crippen molar-refractivity contribution in [2.45, 2.75) is 25.8 Å². The van der Waals surface area contributed by atoms with Gasteiger partial charge in [-0.05, 0) is 55.7 Å². The van der Waals surface area contributed by atoms with Gasteiger partial charge in [0.2, 0.25) is 11.8 Å². The van der Waals surface area contributed by atoms with E-state index in [0.29, 0.717) is 37.7 Å². The highest BCUT2D eigenvalue weighted by molar-refractivity contribution is 5.87. The smallest absolute Gasteiger partial charge is 0.242 e. The summed E-state index contributed by atoms with van der Waals surface area (Å²) in [6, 6.07) is 19.3. The van der Waals surface area contributed by atoms with Crippen molar-refractivity contribution in [2.75, 3.05) is 51.8 Å². The molecule has 1 atom stereocenters. The van der Waals surface area contributed by atoms with Crippen LogP contribution in [0.1, 0.15) is 31.4 Å². The van der Waals surface area contributed by atoms with E-state index in [-0.39, 0.29) is 30.3 Å². The third-order valence-corrected chi connectivity index (χ3v) is 7.55. The first-order valence-electron chi connectivity index (χ1n) is 13.4. The summed E-state index contributed by atoms with van der Waals surface area (Å²) in [7, 11) is 3.21. The van der Waals surface area contributed by atoms with Gasteiger partial charge in [0, 0.05) is 37.7 Å². The van der Waals surface area contributed by atoms with Gasteiger partial charge in [0.1, 0.15) is 6.54 Å². The third-order valence-electron chi connectivity index (χ3n) is 7.55. The van der Waals surface area contributed by atoms with E-state index in [1.807, 2.05) is 72.5 Å². The first-order valence-corrected chi connectivity index (χ1v) is 13.4. The van der Waals surface area contributed by atoms with E-state index in [4.69, 9.17) is 9.47 Å². The molecule has 0 bridgehead atoms. The lowest BCUT2D eigenvalue weighted by atomic mass is 10.1. The topological polar surface area (TPSA) is 88.1 Å². The molecule has 0 unspecified atom stereocenters. The van der Waals surface area contributed by atoms with Crippen molar-refractivity contribution in [2.24, 2.45) is 5.92 Å². The fourth-order valence-electron chi connectivity index (χ4n) is 4.96. The molecule has 9 heteroatoms. The molecule has 3 aromatic rings. The van der Waals surface area contributed by atoms with Crippen LogP contribution in [0.4, 0.5) is 5.82 Å². The largest absolute Gasteiger partial charge is 0.493 e. The average molecular weight is 530 g/mol. The molecule has 1 aliphatic heterocycles. The highest BCUT2D eigenvalue weighted by Crippen LogP contribution is 2.34. The maximum atomic E-state index is 13.3. The van der Waals surface area contributed by atoms with Crippen molar-refractivity contribution in [3.05, 3.63) is 66.2 Å². The second-order valence-corrected chi connectivity index (χ2v) is 10.0. The molecule has 0 radical (unpaired) electrons. The number of anilines is 1. The monoisotopic (exact) mass is 529 g/mol. The molecule has 0 N–H and O–H groups in total. The van der Waals surface area contributed by atoms with Gasteiger partial charge in [-0.1, -0.05) is 30.3 Å². The van der Waals surface area contributed by atoms with Gasteiger partial charge in [-0.3, -0.25) is 9.59 Å². The number of hydrogen-bond acceptors (Lipinski definition) is 7. The fourth-order valence-corrected chi connectivity index (χ4v) is 4.96. The predicted octanol–water partition coefficient (Wildman–Crippen LogP) is 3.81. The highest BCUT2D eigenvalue weighted by atomic mass is 16.5. The van der Waals surface area contributed by atoms with Gasteiger partial charge in [0.25, 0.3) is 0 Å². The Morgan fingerprint density at radius 3 is 2.26 bits per heavy atom. The number of rotatable bonds is 9. The van der Waals surface area contributed by atoms with Crippen LogP contribution in [0.2, 0.25) is 0 Å². The van der Waals surface area contributed by atoms with Gasteiger partial charge < -0.3 is 24.2 Å². The minimum atomic E-state index is -0.149. The lowest BCUT2D eigenvalue weighted by molar-refractivity contribution is -0.143. The zero-order chi connectivity index (χ0) is 27.4. The Hall–Kier alpha value is -4.14. The normalized spacial score (nSPS) is 16.0. The number of piperazine rings is 1. The number of nitrogens with zero attached hydrogens (tertiary/aromatic N) is 5. The maximum Gasteiger partial charge on any atom is 0.242 e. The predicted molar refractivity (Wildman–Crippen MR) is 149 cm³/mol. The van der Waals surface area contributed by atoms with E-state index < -0.39 is 0 Å². The zero-order valence-corrected chi connectivity index (χ0v) is 22.7. The van der Waals surface area contributed by atoms with Crippen molar-refractivity contribution >= 4 is 17.6 Å². The van der Waals surface area contributed by atoms with Crippen LogP contribution >= 0.6 is 0 Å².